The average Bonchev–Trinajstić information content (AvgIpc) is 2.95. The minimum Gasteiger partial charge on any atom is -0.375 e. The molecular formula is C18H18N2O2S. The fourth-order valence-electron chi connectivity index (χ4n) is 2.64. The number of thioether (sulfide) groups is 1. The predicted octanol–water partition coefficient (Wildman–Crippen LogP) is 3.77. The van der Waals surface area contributed by atoms with Crippen LogP contribution in [0.15, 0.2) is 53.7 Å². The first-order valence-electron chi connectivity index (χ1n) is 7.71. The quantitative estimate of drug-likeness (QED) is 0.734. The fraction of sp³-hybridized carbons (Fsp3) is 0.278. The number of aromatic nitrogens is 2. The number of hydrogen-bond acceptors (Lipinski definition) is 4. The Morgan fingerprint density at radius 2 is 2.00 bits per heavy atom. The first-order valence-corrected chi connectivity index (χ1v) is 8.59. The van der Waals surface area contributed by atoms with Crippen molar-refractivity contribution in [3.05, 3.63) is 54.2 Å². The van der Waals surface area contributed by atoms with Gasteiger partial charge in [0, 0.05) is 11.8 Å². The van der Waals surface area contributed by atoms with Gasteiger partial charge in [0.1, 0.15) is 21.8 Å². The van der Waals surface area contributed by atoms with Gasteiger partial charge in [-0.15, -0.1) is 0 Å². The molecule has 3 aromatic rings. The molecule has 1 aliphatic heterocycles. The maximum Gasteiger partial charge on any atom is 0.138 e. The maximum absolute atomic E-state index is 5.81. The van der Waals surface area contributed by atoms with Crippen molar-refractivity contribution in [3.8, 4) is 11.3 Å². The van der Waals surface area contributed by atoms with Crippen molar-refractivity contribution < 1.29 is 9.47 Å². The molecular weight excluding hydrogens is 308 g/mol. The molecule has 23 heavy (non-hydrogen) atoms. The van der Waals surface area contributed by atoms with E-state index >= 15 is 0 Å². The lowest BCUT2D eigenvalue weighted by atomic mass is 10.1. The third-order valence-electron chi connectivity index (χ3n) is 3.84. The summed E-state index contributed by atoms with van der Waals surface area (Å²) in [7, 11) is 0. The van der Waals surface area contributed by atoms with Crippen molar-refractivity contribution in [1.29, 1.82) is 0 Å². The van der Waals surface area contributed by atoms with E-state index in [2.05, 4.69) is 35.6 Å². The molecule has 0 saturated carbocycles. The van der Waals surface area contributed by atoms with Crippen LogP contribution in [0, 0.1) is 6.92 Å². The highest BCUT2D eigenvalue weighted by Crippen LogP contribution is 2.35. The smallest absolute Gasteiger partial charge is 0.138 e. The zero-order chi connectivity index (χ0) is 15.6. The molecule has 1 aromatic carbocycles. The van der Waals surface area contributed by atoms with Crippen LogP contribution in [0.3, 0.4) is 0 Å². The molecule has 1 aliphatic rings. The van der Waals surface area contributed by atoms with Gasteiger partial charge in [-0.1, -0.05) is 47.7 Å². The second kappa shape index (κ2) is 6.35. The van der Waals surface area contributed by atoms with Gasteiger partial charge in [0.25, 0.3) is 0 Å². The van der Waals surface area contributed by atoms with E-state index < -0.39 is 0 Å². The Kier molecular flexibility index (Phi) is 4.08. The summed E-state index contributed by atoms with van der Waals surface area (Å²) >= 11 is 1.68. The fourth-order valence-corrected chi connectivity index (χ4v) is 3.76. The number of imidazole rings is 1. The summed E-state index contributed by atoms with van der Waals surface area (Å²) < 4.78 is 13.5. The highest BCUT2D eigenvalue weighted by molar-refractivity contribution is 7.99. The normalized spacial score (nSPS) is 18.4. The van der Waals surface area contributed by atoms with Crippen molar-refractivity contribution in [2.75, 3.05) is 19.8 Å². The van der Waals surface area contributed by atoms with Crippen LogP contribution in [0.2, 0.25) is 0 Å². The van der Waals surface area contributed by atoms with Crippen molar-refractivity contribution in [1.82, 2.24) is 9.38 Å². The second-order valence-electron chi connectivity index (χ2n) is 5.55. The molecule has 3 heterocycles. The molecule has 2 aromatic heterocycles. The van der Waals surface area contributed by atoms with Gasteiger partial charge in [-0.25, -0.2) is 4.98 Å². The Morgan fingerprint density at radius 1 is 1.13 bits per heavy atom. The number of fused-ring (bicyclic) bond motifs is 1. The minimum absolute atomic E-state index is 0.00746. The maximum atomic E-state index is 5.81. The lowest BCUT2D eigenvalue weighted by Crippen LogP contribution is -2.25. The zero-order valence-electron chi connectivity index (χ0n) is 12.9. The highest BCUT2D eigenvalue weighted by Gasteiger charge is 2.21. The molecule has 0 spiro atoms. The van der Waals surface area contributed by atoms with Crippen molar-refractivity contribution in [2.45, 2.75) is 17.4 Å². The lowest BCUT2D eigenvalue weighted by Gasteiger charge is -2.22. The molecule has 1 fully saturated rings. The van der Waals surface area contributed by atoms with Crippen LogP contribution in [0.5, 0.6) is 0 Å². The van der Waals surface area contributed by atoms with Gasteiger partial charge in [-0.2, -0.15) is 0 Å². The van der Waals surface area contributed by atoms with E-state index in [0.29, 0.717) is 19.8 Å². The number of rotatable bonds is 3. The first-order chi connectivity index (χ1) is 11.3. The molecule has 0 radical (unpaired) electrons. The van der Waals surface area contributed by atoms with Crippen LogP contribution < -0.4 is 0 Å². The van der Waals surface area contributed by atoms with Crippen LogP contribution in [-0.2, 0) is 9.47 Å². The van der Waals surface area contributed by atoms with Crippen LogP contribution in [0.1, 0.15) is 5.56 Å². The van der Waals surface area contributed by atoms with E-state index in [9.17, 15) is 0 Å². The summed E-state index contributed by atoms with van der Waals surface area (Å²) in [5, 5.41) is 1.10. The van der Waals surface area contributed by atoms with E-state index in [-0.39, 0.29) is 5.44 Å². The van der Waals surface area contributed by atoms with E-state index in [0.717, 1.165) is 21.9 Å². The summed E-state index contributed by atoms with van der Waals surface area (Å²) in [6.45, 7) is 4.03. The molecule has 4 nitrogen and oxygen atoms in total. The highest BCUT2D eigenvalue weighted by atomic mass is 32.2. The summed E-state index contributed by atoms with van der Waals surface area (Å²) in [5.41, 5.74) is 4.32. The molecule has 4 rings (SSSR count). The second-order valence-corrected chi connectivity index (χ2v) is 6.70. The molecule has 0 amide bonds. The number of hydrogen-bond donors (Lipinski definition) is 0. The summed E-state index contributed by atoms with van der Waals surface area (Å²) in [4.78, 5) is 4.82. The number of pyridine rings is 1. The van der Waals surface area contributed by atoms with E-state index in [1.54, 1.807) is 11.8 Å². The number of nitrogens with zero attached hydrogens (tertiary/aromatic N) is 2. The van der Waals surface area contributed by atoms with E-state index in [4.69, 9.17) is 14.5 Å². The number of aryl methyl sites for hydroxylation is 1. The van der Waals surface area contributed by atoms with Crippen LogP contribution in [0.4, 0.5) is 0 Å². The summed E-state index contributed by atoms with van der Waals surface area (Å²) in [6.07, 6.45) is 2.05. The van der Waals surface area contributed by atoms with Crippen molar-refractivity contribution in [2.24, 2.45) is 0 Å². The molecule has 0 bridgehead atoms. The third kappa shape index (κ3) is 3.00. The van der Waals surface area contributed by atoms with Crippen molar-refractivity contribution in [3.63, 3.8) is 0 Å². The Morgan fingerprint density at radius 3 is 2.78 bits per heavy atom. The van der Waals surface area contributed by atoms with Gasteiger partial charge >= 0.3 is 0 Å². The molecule has 118 valence electrons. The molecule has 1 atom stereocenters. The summed E-state index contributed by atoms with van der Waals surface area (Å²) in [5.74, 6) is 0. The lowest BCUT2D eigenvalue weighted by molar-refractivity contribution is -0.0498. The molecule has 0 aliphatic carbocycles. The Labute approximate surface area is 139 Å². The SMILES string of the molecule is Cc1ccc(-c2nc3ccccn3c2SC2COCCO2)cc1. The van der Waals surface area contributed by atoms with Crippen molar-refractivity contribution >= 4 is 17.4 Å². The number of benzene rings is 1. The van der Waals surface area contributed by atoms with Crippen LogP contribution in [0.25, 0.3) is 16.9 Å². The van der Waals surface area contributed by atoms with Gasteiger partial charge < -0.3 is 9.47 Å². The van der Waals surface area contributed by atoms with Gasteiger partial charge in [-0.3, -0.25) is 4.40 Å². The molecule has 1 unspecified atom stereocenters. The van der Waals surface area contributed by atoms with Crippen LogP contribution in [-0.4, -0.2) is 34.6 Å². The van der Waals surface area contributed by atoms with Crippen LogP contribution >= 0.6 is 11.8 Å². The molecule has 0 N–H and O–H groups in total. The van der Waals surface area contributed by atoms with Gasteiger partial charge in [0.15, 0.2) is 0 Å². The zero-order valence-corrected chi connectivity index (χ0v) is 13.8. The van der Waals surface area contributed by atoms with Gasteiger partial charge in [0.2, 0.25) is 0 Å². The predicted molar refractivity (Wildman–Crippen MR) is 91.8 cm³/mol. The standard InChI is InChI=1S/C18H18N2O2S/c1-13-5-7-14(8-6-13)17-18(23-16-12-21-10-11-22-16)20-9-3-2-4-15(20)19-17/h2-9,16H,10-12H2,1H3. The monoisotopic (exact) mass is 326 g/mol. The molecule has 1 saturated heterocycles. The summed E-state index contributed by atoms with van der Waals surface area (Å²) in [6, 6.07) is 14.5. The Bertz CT molecular complexity index is 808. The largest absolute Gasteiger partial charge is 0.375 e. The first kappa shape index (κ1) is 14.8. The Balaban J connectivity index is 1.79. The minimum atomic E-state index is 0.00746. The third-order valence-corrected chi connectivity index (χ3v) is 4.99. The average molecular weight is 326 g/mol. The topological polar surface area (TPSA) is 35.8 Å². The van der Waals surface area contributed by atoms with Gasteiger partial charge in [-0.05, 0) is 19.1 Å². The van der Waals surface area contributed by atoms with E-state index in [1.807, 2.05) is 24.4 Å². The van der Waals surface area contributed by atoms with Gasteiger partial charge in [0.05, 0.1) is 19.8 Å². The Hall–Kier alpha value is -1.82. The molecule has 5 heteroatoms. The number of ether oxygens (including phenoxy) is 2. The van der Waals surface area contributed by atoms with E-state index in [1.165, 1.54) is 5.56 Å².